The zero-order valence-electron chi connectivity index (χ0n) is 15.1. The smallest absolute Gasteiger partial charge is 0.352 e. The van der Waals surface area contributed by atoms with Crippen molar-refractivity contribution in [2.75, 3.05) is 13.1 Å². The Morgan fingerprint density at radius 3 is 2.36 bits per heavy atom. The number of carbonyl (C=O) groups excluding carboxylic acids is 2. The van der Waals surface area contributed by atoms with Crippen molar-refractivity contribution >= 4 is 11.8 Å². The molecule has 0 saturated carbocycles. The van der Waals surface area contributed by atoms with Gasteiger partial charge in [0.05, 0.1) is 5.56 Å². The summed E-state index contributed by atoms with van der Waals surface area (Å²) in [5.74, 6) is -0.568. The van der Waals surface area contributed by atoms with Crippen molar-refractivity contribution in [2.24, 2.45) is 5.92 Å². The maximum absolute atomic E-state index is 12.6. The number of likely N-dealkylation sites (tertiary alicyclic amines) is 1. The molecule has 0 unspecified atom stereocenters. The van der Waals surface area contributed by atoms with Gasteiger partial charge in [0.1, 0.15) is 0 Å². The lowest BCUT2D eigenvalue weighted by atomic mass is 9.95. The summed E-state index contributed by atoms with van der Waals surface area (Å²) in [6.07, 6.45) is -0.0417. The van der Waals surface area contributed by atoms with Crippen LogP contribution in [0.3, 0.4) is 0 Å². The molecule has 1 aromatic carbocycles. The zero-order chi connectivity index (χ0) is 20.1. The van der Waals surface area contributed by atoms with Gasteiger partial charge in [0.2, 0.25) is 5.91 Å². The van der Waals surface area contributed by atoms with E-state index < -0.39 is 11.7 Å². The first-order valence-electron chi connectivity index (χ1n) is 8.98. The average Bonchev–Trinajstić information content (AvgIpc) is 2.72. The number of amides is 2. The van der Waals surface area contributed by atoms with Crippen LogP contribution in [0, 0.1) is 5.92 Å². The maximum atomic E-state index is 12.6. The van der Waals surface area contributed by atoms with Crippen LogP contribution in [0.15, 0.2) is 48.8 Å². The first-order valence-corrected chi connectivity index (χ1v) is 8.98. The quantitative estimate of drug-likeness (QED) is 0.870. The molecule has 5 nitrogen and oxygen atoms in total. The van der Waals surface area contributed by atoms with E-state index in [1.54, 1.807) is 23.4 Å². The number of rotatable bonds is 4. The van der Waals surface area contributed by atoms with Gasteiger partial charge in [-0.15, -0.1) is 0 Å². The number of pyridine rings is 1. The summed E-state index contributed by atoms with van der Waals surface area (Å²) in [5.41, 5.74) is 0.339. The second kappa shape index (κ2) is 8.41. The Hall–Kier alpha value is -2.90. The van der Waals surface area contributed by atoms with Gasteiger partial charge < -0.3 is 10.2 Å². The molecule has 1 aromatic heterocycles. The summed E-state index contributed by atoms with van der Waals surface area (Å²) in [6, 6.07) is 7.87. The molecular formula is C20H20F3N3O2. The molecule has 0 bridgehead atoms. The highest BCUT2D eigenvalue weighted by atomic mass is 19.4. The molecule has 2 amide bonds. The Kier molecular flexibility index (Phi) is 5.96. The standard InChI is InChI=1S/C20H20F3N3O2/c21-20(22,23)17-5-3-16(4-6-17)19(28)26-10-7-15(8-11-26)18(27)25-13-14-2-1-9-24-12-14/h1-6,9,12,15H,7-8,10-11,13H2,(H,25,27). The second-order valence-corrected chi connectivity index (χ2v) is 6.72. The predicted octanol–water partition coefficient (Wildman–Crippen LogP) is 3.27. The van der Waals surface area contributed by atoms with E-state index >= 15 is 0 Å². The molecule has 8 heteroatoms. The van der Waals surface area contributed by atoms with Crippen LogP contribution in [-0.2, 0) is 17.5 Å². The molecule has 28 heavy (non-hydrogen) atoms. The Morgan fingerprint density at radius 2 is 1.79 bits per heavy atom. The number of nitrogens with zero attached hydrogens (tertiary/aromatic N) is 2. The van der Waals surface area contributed by atoms with Crippen LogP contribution in [0.4, 0.5) is 13.2 Å². The Labute approximate surface area is 160 Å². The third-order valence-electron chi connectivity index (χ3n) is 4.80. The summed E-state index contributed by atoms with van der Waals surface area (Å²) in [4.78, 5) is 30.4. The third kappa shape index (κ3) is 4.88. The zero-order valence-corrected chi connectivity index (χ0v) is 15.1. The highest BCUT2D eigenvalue weighted by molar-refractivity contribution is 5.94. The SMILES string of the molecule is O=C(NCc1cccnc1)C1CCN(C(=O)c2ccc(C(F)(F)F)cc2)CC1. The van der Waals surface area contributed by atoms with Crippen LogP contribution in [-0.4, -0.2) is 34.8 Å². The van der Waals surface area contributed by atoms with Gasteiger partial charge in [-0.2, -0.15) is 13.2 Å². The minimum absolute atomic E-state index is 0.0644. The molecule has 1 aliphatic heterocycles. The van der Waals surface area contributed by atoms with Crippen LogP contribution in [0.2, 0.25) is 0 Å². The summed E-state index contributed by atoms with van der Waals surface area (Å²) >= 11 is 0. The summed E-state index contributed by atoms with van der Waals surface area (Å²) in [7, 11) is 0. The third-order valence-corrected chi connectivity index (χ3v) is 4.80. The predicted molar refractivity (Wildman–Crippen MR) is 96.2 cm³/mol. The molecule has 148 valence electrons. The molecule has 0 radical (unpaired) electrons. The van der Waals surface area contributed by atoms with Gasteiger partial charge in [0, 0.05) is 43.5 Å². The fourth-order valence-corrected chi connectivity index (χ4v) is 3.17. The molecule has 1 aliphatic rings. The van der Waals surface area contributed by atoms with Gasteiger partial charge in [-0.3, -0.25) is 14.6 Å². The van der Waals surface area contributed by atoms with Crippen LogP contribution < -0.4 is 5.32 Å². The normalized spacial score (nSPS) is 15.3. The highest BCUT2D eigenvalue weighted by Gasteiger charge is 2.31. The van der Waals surface area contributed by atoms with E-state index in [1.165, 1.54) is 12.1 Å². The van der Waals surface area contributed by atoms with Gasteiger partial charge in [-0.25, -0.2) is 0 Å². The number of piperidine rings is 1. The fraction of sp³-hybridized carbons (Fsp3) is 0.350. The van der Waals surface area contributed by atoms with E-state index in [2.05, 4.69) is 10.3 Å². The van der Waals surface area contributed by atoms with E-state index in [9.17, 15) is 22.8 Å². The highest BCUT2D eigenvalue weighted by Crippen LogP contribution is 2.29. The van der Waals surface area contributed by atoms with Gasteiger partial charge in [0.25, 0.3) is 5.91 Å². The van der Waals surface area contributed by atoms with E-state index in [-0.39, 0.29) is 23.3 Å². The number of hydrogen-bond donors (Lipinski definition) is 1. The molecule has 0 atom stereocenters. The number of benzene rings is 1. The van der Waals surface area contributed by atoms with E-state index in [0.717, 1.165) is 17.7 Å². The van der Waals surface area contributed by atoms with Crippen LogP contribution >= 0.6 is 0 Å². The average molecular weight is 391 g/mol. The number of hydrogen-bond acceptors (Lipinski definition) is 3. The van der Waals surface area contributed by atoms with Crippen molar-refractivity contribution in [3.63, 3.8) is 0 Å². The van der Waals surface area contributed by atoms with Crippen molar-refractivity contribution in [3.8, 4) is 0 Å². The molecule has 0 aliphatic carbocycles. The summed E-state index contributed by atoms with van der Waals surface area (Å²) in [6.45, 7) is 1.19. The number of alkyl halides is 3. The van der Waals surface area contributed by atoms with Gasteiger partial charge in [-0.1, -0.05) is 6.07 Å². The summed E-state index contributed by atoms with van der Waals surface area (Å²) in [5, 5.41) is 2.88. The molecule has 1 N–H and O–H groups in total. The molecule has 3 rings (SSSR count). The minimum atomic E-state index is -4.43. The van der Waals surface area contributed by atoms with Gasteiger partial charge in [-0.05, 0) is 48.7 Å². The van der Waals surface area contributed by atoms with Crippen molar-refractivity contribution < 1.29 is 22.8 Å². The maximum Gasteiger partial charge on any atom is 0.416 e. The number of aromatic nitrogens is 1. The van der Waals surface area contributed by atoms with Gasteiger partial charge in [0.15, 0.2) is 0 Å². The molecular weight excluding hydrogens is 371 g/mol. The fourth-order valence-electron chi connectivity index (χ4n) is 3.17. The van der Waals surface area contributed by atoms with Crippen LogP contribution in [0.1, 0.15) is 34.3 Å². The lowest BCUT2D eigenvalue weighted by Gasteiger charge is -2.31. The largest absolute Gasteiger partial charge is 0.416 e. The molecule has 2 aromatic rings. The Balaban J connectivity index is 1.50. The Bertz CT molecular complexity index is 815. The first-order chi connectivity index (χ1) is 13.3. The lowest BCUT2D eigenvalue weighted by molar-refractivity contribution is -0.137. The van der Waals surface area contributed by atoms with E-state index in [0.29, 0.717) is 32.5 Å². The Morgan fingerprint density at radius 1 is 1.11 bits per heavy atom. The van der Waals surface area contributed by atoms with E-state index in [1.807, 2.05) is 6.07 Å². The second-order valence-electron chi connectivity index (χ2n) is 6.72. The summed E-state index contributed by atoms with van der Waals surface area (Å²) < 4.78 is 37.9. The van der Waals surface area contributed by atoms with Crippen molar-refractivity contribution in [2.45, 2.75) is 25.6 Å². The van der Waals surface area contributed by atoms with Crippen molar-refractivity contribution in [1.29, 1.82) is 0 Å². The number of halogens is 3. The first kappa shape index (κ1) is 19.9. The minimum Gasteiger partial charge on any atom is -0.352 e. The van der Waals surface area contributed by atoms with Gasteiger partial charge >= 0.3 is 6.18 Å². The molecule has 1 saturated heterocycles. The van der Waals surface area contributed by atoms with Crippen LogP contribution in [0.5, 0.6) is 0 Å². The number of nitrogens with one attached hydrogen (secondary N) is 1. The molecule has 1 fully saturated rings. The van der Waals surface area contributed by atoms with E-state index in [4.69, 9.17) is 0 Å². The topological polar surface area (TPSA) is 62.3 Å². The molecule has 2 heterocycles. The lowest BCUT2D eigenvalue weighted by Crippen LogP contribution is -2.42. The number of carbonyl (C=O) groups is 2. The van der Waals surface area contributed by atoms with Crippen LogP contribution in [0.25, 0.3) is 0 Å². The molecule has 0 spiro atoms. The van der Waals surface area contributed by atoms with Crippen molar-refractivity contribution in [1.82, 2.24) is 15.2 Å². The van der Waals surface area contributed by atoms with Crippen molar-refractivity contribution in [3.05, 3.63) is 65.5 Å². The monoisotopic (exact) mass is 391 g/mol.